The normalized spacial score (nSPS) is 14.5. The van der Waals surface area contributed by atoms with Gasteiger partial charge in [0, 0.05) is 12.0 Å². The molecule has 1 aliphatic rings. The second-order valence-corrected chi connectivity index (χ2v) is 5.43. The Balaban J connectivity index is 1.87. The molecule has 0 bridgehead atoms. The first-order valence-electron chi connectivity index (χ1n) is 7.45. The first kappa shape index (κ1) is 16.1. The number of benzene rings is 1. The molecular weight excluding hydrogens is 284 g/mol. The minimum absolute atomic E-state index is 0.152. The van der Waals surface area contributed by atoms with Crippen LogP contribution in [0.4, 0.5) is 0 Å². The minimum atomic E-state index is -0.388. The summed E-state index contributed by atoms with van der Waals surface area (Å²) in [7, 11) is 3.03. The zero-order valence-corrected chi connectivity index (χ0v) is 13.0. The maximum absolute atomic E-state index is 12.0. The Morgan fingerprint density at radius 1 is 1.09 bits per heavy atom. The fraction of sp³-hybridized carbons (Fsp3) is 0.500. The van der Waals surface area contributed by atoms with E-state index in [0.29, 0.717) is 29.4 Å². The summed E-state index contributed by atoms with van der Waals surface area (Å²) >= 11 is 0. The molecule has 2 N–H and O–H groups in total. The van der Waals surface area contributed by atoms with Crippen molar-refractivity contribution in [3.05, 3.63) is 23.8 Å². The number of nitrogens with one attached hydrogen (secondary N) is 2. The molecule has 2 amide bonds. The van der Waals surface area contributed by atoms with Crippen LogP contribution in [0.5, 0.6) is 11.5 Å². The summed E-state index contributed by atoms with van der Waals surface area (Å²) in [6, 6.07) is 4.82. The van der Waals surface area contributed by atoms with Crippen molar-refractivity contribution in [1.29, 1.82) is 0 Å². The third kappa shape index (κ3) is 4.13. The Morgan fingerprint density at radius 3 is 2.41 bits per heavy atom. The highest BCUT2D eigenvalue weighted by molar-refractivity contribution is 5.96. The fourth-order valence-corrected chi connectivity index (χ4v) is 2.70. The highest BCUT2D eigenvalue weighted by atomic mass is 16.5. The first-order valence-corrected chi connectivity index (χ1v) is 7.45. The van der Waals surface area contributed by atoms with Crippen LogP contribution in [0.2, 0.25) is 0 Å². The van der Waals surface area contributed by atoms with Gasteiger partial charge in [0.05, 0.1) is 14.2 Å². The molecule has 120 valence electrons. The SMILES string of the molecule is COc1ccc(C(=O)NNC(=O)CC2CCCC2)cc1OC. The molecule has 2 rings (SSSR count). The van der Waals surface area contributed by atoms with Crippen LogP contribution in [0.15, 0.2) is 18.2 Å². The van der Waals surface area contributed by atoms with E-state index in [2.05, 4.69) is 10.9 Å². The van der Waals surface area contributed by atoms with Gasteiger partial charge >= 0.3 is 0 Å². The third-order valence-corrected chi connectivity index (χ3v) is 3.91. The Bertz CT molecular complexity index is 539. The van der Waals surface area contributed by atoms with E-state index in [0.717, 1.165) is 12.8 Å². The maximum atomic E-state index is 12.0. The average molecular weight is 306 g/mol. The molecule has 0 radical (unpaired) electrons. The van der Waals surface area contributed by atoms with Gasteiger partial charge in [-0.05, 0) is 37.0 Å². The number of carbonyl (C=O) groups excluding carboxylic acids is 2. The summed E-state index contributed by atoms with van der Waals surface area (Å²) in [5, 5.41) is 0. The summed E-state index contributed by atoms with van der Waals surface area (Å²) in [6.07, 6.45) is 5.03. The van der Waals surface area contributed by atoms with Crippen molar-refractivity contribution < 1.29 is 19.1 Å². The van der Waals surface area contributed by atoms with Crippen LogP contribution in [-0.4, -0.2) is 26.0 Å². The monoisotopic (exact) mass is 306 g/mol. The van der Waals surface area contributed by atoms with Crippen LogP contribution in [0, 0.1) is 5.92 Å². The molecule has 6 nitrogen and oxygen atoms in total. The number of amides is 2. The van der Waals surface area contributed by atoms with Crippen LogP contribution < -0.4 is 20.3 Å². The fourth-order valence-electron chi connectivity index (χ4n) is 2.70. The molecule has 1 aliphatic carbocycles. The second kappa shape index (κ2) is 7.68. The number of hydrogen-bond acceptors (Lipinski definition) is 4. The molecule has 0 spiro atoms. The number of hydrazine groups is 1. The quantitative estimate of drug-likeness (QED) is 0.816. The van der Waals surface area contributed by atoms with E-state index in [1.165, 1.54) is 27.1 Å². The molecule has 0 aliphatic heterocycles. The lowest BCUT2D eigenvalue weighted by molar-refractivity contribution is -0.122. The van der Waals surface area contributed by atoms with Crippen molar-refractivity contribution in [1.82, 2.24) is 10.9 Å². The van der Waals surface area contributed by atoms with Crippen LogP contribution >= 0.6 is 0 Å². The maximum Gasteiger partial charge on any atom is 0.269 e. The van der Waals surface area contributed by atoms with Crippen molar-refractivity contribution in [2.75, 3.05) is 14.2 Å². The van der Waals surface area contributed by atoms with Gasteiger partial charge in [-0.2, -0.15) is 0 Å². The molecule has 1 fully saturated rings. The predicted molar refractivity (Wildman–Crippen MR) is 81.7 cm³/mol. The Hall–Kier alpha value is -2.24. The molecule has 1 saturated carbocycles. The zero-order valence-electron chi connectivity index (χ0n) is 13.0. The van der Waals surface area contributed by atoms with Crippen LogP contribution in [0.1, 0.15) is 42.5 Å². The van der Waals surface area contributed by atoms with Crippen molar-refractivity contribution in [2.24, 2.45) is 5.92 Å². The summed E-state index contributed by atoms with van der Waals surface area (Å²) in [5.41, 5.74) is 5.28. The zero-order chi connectivity index (χ0) is 15.9. The summed E-state index contributed by atoms with van der Waals surface area (Å²) in [5.74, 6) is 0.913. The minimum Gasteiger partial charge on any atom is -0.493 e. The summed E-state index contributed by atoms with van der Waals surface area (Å²) in [6.45, 7) is 0. The number of ether oxygens (including phenoxy) is 2. The predicted octanol–water partition coefficient (Wildman–Crippen LogP) is 2.05. The van der Waals surface area contributed by atoms with Gasteiger partial charge in [0.2, 0.25) is 5.91 Å². The van der Waals surface area contributed by atoms with Gasteiger partial charge in [-0.15, -0.1) is 0 Å². The van der Waals surface area contributed by atoms with Crippen molar-refractivity contribution in [2.45, 2.75) is 32.1 Å². The van der Waals surface area contributed by atoms with Crippen LogP contribution in [0.3, 0.4) is 0 Å². The number of carbonyl (C=O) groups is 2. The number of hydrogen-bond donors (Lipinski definition) is 2. The van der Waals surface area contributed by atoms with E-state index in [9.17, 15) is 9.59 Å². The lowest BCUT2D eigenvalue weighted by Gasteiger charge is -2.12. The van der Waals surface area contributed by atoms with Crippen LogP contribution in [-0.2, 0) is 4.79 Å². The van der Waals surface area contributed by atoms with Gasteiger partial charge < -0.3 is 9.47 Å². The third-order valence-electron chi connectivity index (χ3n) is 3.91. The van der Waals surface area contributed by atoms with Gasteiger partial charge in [0.15, 0.2) is 11.5 Å². The van der Waals surface area contributed by atoms with E-state index >= 15 is 0 Å². The molecule has 6 heteroatoms. The Kier molecular flexibility index (Phi) is 5.63. The Labute approximate surface area is 130 Å². The molecule has 1 aromatic rings. The smallest absolute Gasteiger partial charge is 0.269 e. The standard InChI is InChI=1S/C16H22N2O4/c1-21-13-8-7-12(10-14(13)22-2)16(20)18-17-15(19)9-11-5-3-4-6-11/h7-8,10-11H,3-6,9H2,1-2H3,(H,17,19)(H,18,20). The number of rotatable bonds is 5. The first-order chi connectivity index (χ1) is 10.6. The summed E-state index contributed by atoms with van der Waals surface area (Å²) in [4.78, 5) is 23.8. The Morgan fingerprint density at radius 2 is 1.77 bits per heavy atom. The van der Waals surface area contributed by atoms with Crippen molar-refractivity contribution >= 4 is 11.8 Å². The van der Waals surface area contributed by atoms with E-state index in [1.54, 1.807) is 18.2 Å². The largest absolute Gasteiger partial charge is 0.493 e. The number of methoxy groups -OCH3 is 2. The molecule has 22 heavy (non-hydrogen) atoms. The molecule has 1 aromatic carbocycles. The van der Waals surface area contributed by atoms with E-state index in [-0.39, 0.29) is 11.8 Å². The highest BCUT2D eigenvalue weighted by Gasteiger charge is 2.19. The second-order valence-electron chi connectivity index (χ2n) is 5.43. The molecule has 0 aromatic heterocycles. The van der Waals surface area contributed by atoms with Crippen LogP contribution in [0.25, 0.3) is 0 Å². The van der Waals surface area contributed by atoms with E-state index in [4.69, 9.17) is 9.47 Å². The van der Waals surface area contributed by atoms with Gasteiger partial charge in [0.1, 0.15) is 0 Å². The average Bonchev–Trinajstić information content (AvgIpc) is 3.04. The van der Waals surface area contributed by atoms with E-state index in [1.807, 2.05) is 0 Å². The van der Waals surface area contributed by atoms with Crippen molar-refractivity contribution in [3.63, 3.8) is 0 Å². The van der Waals surface area contributed by atoms with Gasteiger partial charge in [0.25, 0.3) is 5.91 Å². The molecule has 0 atom stereocenters. The molecule has 0 unspecified atom stereocenters. The molecular formula is C16H22N2O4. The topological polar surface area (TPSA) is 76.7 Å². The van der Waals surface area contributed by atoms with E-state index < -0.39 is 0 Å². The molecule has 0 saturated heterocycles. The van der Waals surface area contributed by atoms with Gasteiger partial charge in [-0.3, -0.25) is 20.4 Å². The highest BCUT2D eigenvalue weighted by Crippen LogP contribution is 2.28. The molecule has 0 heterocycles. The summed E-state index contributed by atoms with van der Waals surface area (Å²) < 4.78 is 10.3. The van der Waals surface area contributed by atoms with Gasteiger partial charge in [-0.25, -0.2) is 0 Å². The van der Waals surface area contributed by atoms with Gasteiger partial charge in [-0.1, -0.05) is 12.8 Å². The lowest BCUT2D eigenvalue weighted by atomic mass is 10.0. The lowest BCUT2D eigenvalue weighted by Crippen LogP contribution is -2.42. The van der Waals surface area contributed by atoms with Crippen molar-refractivity contribution in [3.8, 4) is 11.5 Å².